The van der Waals surface area contributed by atoms with Gasteiger partial charge in [0.25, 0.3) is 0 Å². The van der Waals surface area contributed by atoms with Gasteiger partial charge in [-0.05, 0) is 23.8 Å². The quantitative estimate of drug-likeness (QED) is 0.840. The predicted octanol–water partition coefficient (Wildman–Crippen LogP) is 2.54. The van der Waals surface area contributed by atoms with Crippen molar-refractivity contribution in [1.82, 2.24) is 0 Å². The van der Waals surface area contributed by atoms with E-state index in [2.05, 4.69) is 4.99 Å². The first-order chi connectivity index (χ1) is 9.16. The minimum atomic E-state index is -0.463. The Morgan fingerprint density at radius 1 is 1.16 bits per heavy atom. The van der Waals surface area contributed by atoms with Crippen LogP contribution in [0.5, 0.6) is 0 Å². The number of hydrogen-bond donors (Lipinski definition) is 1. The molecule has 2 N–H and O–H groups in total. The maximum atomic E-state index is 13.3. The molecule has 0 bridgehead atoms. The average molecular weight is 256 g/mol. The van der Waals surface area contributed by atoms with Gasteiger partial charge < -0.3 is 5.73 Å². The van der Waals surface area contributed by atoms with E-state index in [4.69, 9.17) is 5.73 Å². The second kappa shape index (κ2) is 5.91. The summed E-state index contributed by atoms with van der Waals surface area (Å²) in [7, 11) is 0. The third-order valence-electron chi connectivity index (χ3n) is 2.66. The molecule has 2 rings (SSSR count). The van der Waals surface area contributed by atoms with Crippen molar-refractivity contribution in [3.05, 3.63) is 71.0 Å². The Morgan fingerprint density at radius 3 is 2.47 bits per heavy atom. The molecule has 0 aromatic heterocycles. The molecule has 96 valence electrons. The van der Waals surface area contributed by atoms with Gasteiger partial charge in [-0.3, -0.25) is 9.79 Å². The van der Waals surface area contributed by atoms with Gasteiger partial charge in [-0.25, -0.2) is 4.39 Å². The number of nitrogens with zero attached hydrogens (tertiary/aromatic N) is 1. The van der Waals surface area contributed by atoms with E-state index in [-0.39, 0.29) is 12.4 Å². The Morgan fingerprint density at radius 2 is 1.84 bits per heavy atom. The summed E-state index contributed by atoms with van der Waals surface area (Å²) >= 11 is 0. The Bertz CT molecular complexity index is 606. The standard InChI is InChI=1S/C15H13FN2O/c16-14-4-2-1-3-13(14)10-18-9-11-5-7-12(8-6-11)15(17)19/h1-9H,10H2,(H2,17,19). The van der Waals surface area contributed by atoms with Crippen molar-refractivity contribution < 1.29 is 9.18 Å². The van der Waals surface area contributed by atoms with Gasteiger partial charge in [-0.15, -0.1) is 0 Å². The Labute approximate surface area is 110 Å². The number of carbonyl (C=O) groups is 1. The molecule has 3 nitrogen and oxygen atoms in total. The van der Waals surface area contributed by atoms with E-state index >= 15 is 0 Å². The molecule has 2 aromatic rings. The van der Waals surface area contributed by atoms with E-state index in [9.17, 15) is 9.18 Å². The van der Waals surface area contributed by atoms with Crippen LogP contribution < -0.4 is 5.73 Å². The monoisotopic (exact) mass is 256 g/mol. The van der Waals surface area contributed by atoms with Gasteiger partial charge in [0.2, 0.25) is 5.91 Å². The van der Waals surface area contributed by atoms with Crippen molar-refractivity contribution >= 4 is 12.1 Å². The number of carbonyl (C=O) groups excluding carboxylic acids is 1. The smallest absolute Gasteiger partial charge is 0.248 e. The highest BCUT2D eigenvalue weighted by atomic mass is 19.1. The Balaban J connectivity index is 2.03. The highest BCUT2D eigenvalue weighted by Crippen LogP contribution is 2.08. The maximum absolute atomic E-state index is 13.3. The maximum Gasteiger partial charge on any atom is 0.248 e. The zero-order valence-electron chi connectivity index (χ0n) is 10.2. The number of amides is 1. The summed E-state index contributed by atoms with van der Waals surface area (Å²) < 4.78 is 13.3. The molecule has 0 heterocycles. The topological polar surface area (TPSA) is 55.5 Å². The van der Waals surface area contributed by atoms with Crippen LogP contribution in [0, 0.1) is 5.82 Å². The van der Waals surface area contributed by atoms with Crippen LogP contribution >= 0.6 is 0 Å². The van der Waals surface area contributed by atoms with Crippen LogP contribution in [0.25, 0.3) is 0 Å². The summed E-state index contributed by atoms with van der Waals surface area (Å²) in [6.07, 6.45) is 1.64. The zero-order valence-corrected chi connectivity index (χ0v) is 10.2. The van der Waals surface area contributed by atoms with E-state index in [0.717, 1.165) is 5.56 Å². The first kappa shape index (κ1) is 13.0. The highest BCUT2D eigenvalue weighted by Gasteiger charge is 1.99. The fourth-order valence-electron chi connectivity index (χ4n) is 1.61. The van der Waals surface area contributed by atoms with Crippen molar-refractivity contribution in [1.29, 1.82) is 0 Å². The normalized spacial score (nSPS) is 10.8. The second-order valence-electron chi connectivity index (χ2n) is 4.05. The van der Waals surface area contributed by atoms with E-state index in [1.54, 1.807) is 48.7 Å². The summed E-state index contributed by atoms with van der Waals surface area (Å²) in [5.74, 6) is -0.724. The lowest BCUT2D eigenvalue weighted by atomic mass is 10.1. The third kappa shape index (κ3) is 3.48. The summed E-state index contributed by atoms with van der Waals surface area (Å²) in [6.45, 7) is 0.282. The van der Waals surface area contributed by atoms with Crippen LogP contribution in [0.15, 0.2) is 53.5 Å². The van der Waals surface area contributed by atoms with Crippen molar-refractivity contribution in [2.75, 3.05) is 0 Å². The minimum Gasteiger partial charge on any atom is -0.366 e. The van der Waals surface area contributed by atoms with E-state index in [1.165, 1.54) is 6.07 Å². The van der Waals surface area contributed by atoms with E-state index < -0.39 is 5.91 Å². The molecule has 0 unspecified atom stereocenters. The van der Waals surface area contributed by atoms with Crippen molar-refractivity contribution in [3.8, 4) is 0 Å². The molecule has 4 heteroatoms. The number of benzene rings is 2. The van der Waals surface area contributed by atoms with Crippen molar-refractivity contribution in [2.45, 2.75) is 6.54 Å². The molecule has 2 aromatic carbocycles. The molecular formula is C15H13FN2O. The number of aliphatic imine (C=N–C) groups is 1. The molecular weight excluding hydrogens is 243 g/mol. The fraction of sp³-hybridized carbons (Fsp3) is 0.0667. The van der Waals surface area contributed by atoms with Crippen LogP contribution in [0.2, 0.25) is 0 Å². The predicted molar refractivity (Wildman–Crippen MR) is 72.7 cm³/mol. The van der Waals surface area contributed by atoms with Crippen LogP contribution in [-0.4, -0.2) is 12.1 Å². The molecule has 0 radical (unpaired) electrons. The highest BCUT2D eigenvalue weighted by molar-refractivity contribution is 5.93. The fourth-order valence-corrected chi connectivity index (χ4v) is 1.61. The molecule has 0 atom stereocenters. The molecule has 19 heavy (non-hydrogen) atoms. The van der Waals surface area contributed by atoms with Crippen LogP contribution in [0.1, 0.15) is 21.5 Å². The molecule has 0 fully saturated rings. The third-order valence-corrected chi connectivity index (χ3v) is 2.66. The molecule has 0 saturated carbocycles. The summed E-state index contributed by atoms with van der Waals surface area (Å²) in [4.78, 5) is 15.1. The van der Waals surface area contributed by atoms with Gasteiger partial charge in [-0.1, -0.05) is 30.3 Å². The van der Waals surface area contributed by atoms with Gasteiger partial charge in [-0.2, -0.15) is 0 Å². The molecule has 0 spiro atoms. The Kier molecular flexibility index (Phi) is 4.03. The van der Waals surface area contributed by atoms with Crippen molar-refractivity contribution in [2.24, 2.45) is 10.7 Å². The molecule has 0 aliphatic heterocycles. The lowest BCUT2D eigenvalue weighted by molar-refractivity contribution is 0.100. The summed E-state index contributed by atoms with van der Waals surface area (Å²) in [5.41, 5.74) is 6.98. The van der Waals surface area contributed by atoms with Gasteiger partial charge in [0.05, 0.1) is 6.54 Å². The molecule has 0 aliphatic carbocycles. The average Bonchev–Trinajstić information content (AvgIpc) is 2.41. The lowest BCUT2D eigenvalue weighted by Crippen LogP contribution is -2.10. The van der Waals surface area contributed by atoms with Gasteiger partial charge >= 0.3 is 0 Å². The molecule has 0 saturated heterocycles. The first-order valence-corrected chi connectivity index (χ1v) is 5.80. The number of hydrogen-bond acceptors (Lipinski definition) is 2. The van der Waals surface area contributed by atoms with Crippen LogP contribution in [-0.2, 0) is 6.54 Å². The lowest BCUT2D eigenvalue weighted by Gasteiger charge is -1.99. The largest absolute Gasteiger partial charge is 0.366 e. The SMILES string of the molecule is NC(=O)c1ccc(C=NCc2ccccc2F)cc1. The second-order valence-corrected chi connectivity index (χ2v) is 4.05. The first-order valence-electron chi connectivity index (χ1n) is 5.80. The number of halogens is 1. The Hall–Kier alpha value is -2.49. The van der Waals surface area contributed by atoms with Crippen molar-refractivity contribution in [3.63, 3.8) is 0 Å². The number of rotatable bonds is 4. The minimum absolute atomic E-state index is 0.260. The van der Waals surface area contributed by atoms with Gasteiger partial charge in [0, 0.05) is 17.3 Å². The van der Waals surface area contributed by atoms with E-state index in [0.29, 0.717) is 11.1 Å². The van der Waals surface area contributed by atoms with Crippen LogP contribution in [0.4, 0.5) is 4.39 Å². The number of primary amides is 1. The summed E-state index contributed by atoms with van der Waals surface area (Å²) in [6, 6.07) is 13.3. The summed E-state index contributed by atoms with van der Waals surface area (Å²) in [5, 5.41) is 0. The van der Waals surface area contributed by atoms with Gasteiger partial charge in [0.1, 0.15) is 5.82 Å². The van der Waals surface area contributed by atoms with E-state index in [1.807, 2.05) is 0 Å². The molecule has 1 amide bonds. The van der Waals surface area contributed by atoms with Gasteiger partial charge in [0.15, 0.2) is 0 Å². The zero-order chi connectivity index (χ0) is 13.7. The molecule has 0 aliphatic rings. The van der Waals surface area contributed by atoms with Crippen LogP contribution in [0.3, 0.4) is 0 Å². The number of nitrogens with two attached hydrogens (primary N) is 1.